The first-order valence-corrected chi connectivity index (χ1v) is 11.1. The summed E-state index contributed by atoms with van der Waals surface area (Å²) in [4.78, 5) is 28.9. The minimum atomic E-state index is -0.435. The number of carbonyl (C=O) groups is 1. The fraction of sp³-hybridized carbons (Fsp3) is 0.231. The number of carbonyl (C=O) groups excluding carboxylic acids is 1. The molecule has 0 aliphatic rings. The summed E-state index contributed by atoms with van der Waals surface area (Å²) in [5.74, 6) is -1.14. The van der Waals surface area contributed by atoms with Crippen molar-refractivity contribution in [3.8, 4) is 0 Å². The van der Waals surface area contributed by atoms with E-state index in [0.29, 0.717) is 30.0 Å². The highest BCUT2D eigenvalue weighted by atomic mass is 19.1. The standard InChI is InChI=1S/C26H26FN5O3/c1-17-10-11-28-22(24(17)27)14-29-26(34)20-13-30-31-25(20)21(16-35-2)19-8-6-18(7-9-19)15-32-12-4-3-5-23(32)33/h3-13,21H,14-16H2,1-2H3,(H,29,34)(H,30,31). The van der Waals surface area contributed by atoms with E-state index in [-0.39, 0.29) is 23.7 Å². The van der Waals surface area contributed by atoms with E-state index in [0.717, 1.165) is 11.1 Å². The lowest BCUT2D eigenvalue weighted by Crippen LogP contribution is -2.26. The van der Waals surface area contributed by atoms with Crippen LogP contribution in [0.5, 0.6) is 0 Å². The molecule has 1 unspecified atom stereocenters. The second kappa shape index (κ2) is 10.9. The third kappa shape index (κ3) is 5.52. The molecule has 0 fully saturated rings. The van der Waals surface area contributed by atoms with Crippen molar-refractivity contribution in [3.05, 3.63) is 117 Å². The van der Waals surface area contributed by atoms with Gasteiger partial charge in [-0.25, -0.2) is 4.39 Å². The molecule has 0 bridgehead atoms. The molecule has 9 heteroatoms. The van der Waals surface area contributed by atoms with E-state index in [1.807, 2.05) is 30.3 Å². The zero-order valence-corrected chi connectivity index (χ0v) is 19.5. The van der Waals surface area contributed by atoms with Gasteiger partial charge in [-0.15, -0.1) is 0 Å². The number of benzene rings is 1. The number of ether oxygens (including phenoxy) is 1. The highest BCUT2D eigenvalue weighted by Gasteiger charge is 2.24. The molecule has 0 saturated carbocycles. The topological polar surface area (TPSA) is 102 Å². The molecule has 3 aromatic heterocycles. The van der Waals surface area contributed by atoms with Crippen molar-refractivity contribution in [2.24, 2.45) is 0 Å². The molecule has 1 atom stereocenters. The second-order valence-corrected chi connectivity index (χ2v) is 8.17. The summed E-state index contributed by atoms with van der Waals surface area (Å²) in [5.41, 5.74) is 3.31. The lowest BCUT2D eigenvalue weighted by Gasteiger charge is -2.17. The minimum absolute atomic E-state index is 0.0422. The lowest BCUT2D eigenvalue weighted by molar-refractivity contribution is 0.0948. The van der Waals surface area contributed by atoms with Crippen LogP contribution < -0.4 is 10.9 Å². The van der Waals surface area contributed by atoms with E-state index >= 15 is 0 Å². The fourth-order valence-corrected chi connectivity index (χ4v) is 3.87. The van der Waals surface area contributed by atoms with Crippen molar-refractivity contribution in [1.82, 2.24) is 25.1 Å². The predicted molar refractivity (Wildman–Crippen MR) is 129 cm³/mol. The second-order valence-electron chi connectivity index (χ2n) is 8.17. The van der Waals surface area contributed by atoms with Crippen LogP contribution in [0.15, 0.2) is 71.9 Å². The zero-order valence-electron chi connectivity index (χ0n) is 19.5. The van der Waals surface area contributed by atoms with Crippen molar-refractivity contribution in [3.63, 3.8) is 0 Å². The number of pyridine rings is 2. The first kappa shape index (κ1) is 24.0. The summed E-state index contributed by atoms with van der Waals surface area (Å²) in [6, 6.07) is 14.4. The normalized spacial score (nSPS) is 11.9. The van der Waals surface area contributed by atoms with E-state index in [4.69, 9.17) is 4.74 Å². The predicted octanol–water partition coefficient (Wildman–Crippen LogP) is 3.17. The van der Waals surface area contributed by atoms with E-state index in [9.17, 15) is 14.0 Å². The highest BCUT2D eigenvalue weighted by Crippen LogP contribution is 2.27. The van der Waals surface area contributed by atoms with Crippen molar-refractivity contribution < 1.29 is 13.9 Å². The van der Waals surface area contributed by atoms with Crippen LogP contribution in [-0.4, -0.2) is 39.4 Å². The Morgan fingerprint density at radius 3 is 2.74 bits per heavy atom. The van der Waals surface area contributed by atoms with Crippen LogP contribution in [0.25, 0.3) is 0 Å². The monoisotopic (exact) mass is 475 g/mol. The number of aromatic amines is 1. The average molecular weight is 476 g/mol. The third-order valence-electron chi connectivity index (χ3n) is 5.78. The van der Waals surface area contributed by atoms with Crippen molar-refractivity contribution in [2.75, 3.05) is 13.7 Å². The Kier molecular flexibility index (Phi) is 7.47. The number of H-pyrrole nitrogens is 1. The average Bonchev–Trinajstić information content (AvgIpc) is 3.35. The van der Waals surface area contributed by atoms with Crippen LogP contribution in [0.4, 0.5) is 4.39 Å². The molecule has 1 amide bonds. The number of hydrogen-bond donors (Lipinski definition) is 2. The van der Waals surface area contributed by atoms with Crippen LogP contribution in [-0.2, 0) is 17.8 Å². The van der Waals surface area contributed by atoms with Gasteiger partial charge in [-0.2, -0.15) is 5.10 Å². The van der Waals surface area contributed by atoms with E-state index in [2.05, 4.69) is 20.5 Å². The van der Waals surface area contributed by atoms with Crippen LogP contribution in [0.3, 0.4) is 0 Å². The van der Waals surface area contributed by atoms with Gasteiger partial charge in [-0.05, 0) is 35.7 Å². The van der Waals surface area contributed by atoms with E-state index < -0.39 is 11.7 Å². The highest BCUT2D eigenvalue weighted by molar-refractivity contribution is 5.95. The number of aryl methyl sites for hydroxylation is 1. The number of hydrogen-bond acceptors (Lipinski definition) is 5. The van der Waals surface area contributed by atoms with Gasteiger partial charge in [-0.3, -0.25) is 19.7 Å². The third-order valence-corrected chi connectivity index (χ3v) is 5.78. The molecule has 8 nitrogen and oxygen atoms in total. The molecule has 4 rings (SSSR count). The Balaban J connectivity index is 1.52. The lowest BCUT2D eigenvalue weighted by atomic mass is 9.93. The maximum Gasteiger partial charge on any atom is 0.255 e. The first-order valence-electron chi connectivity index (χ1n) is 11.1. The minimum Gasteiger partial charge on any atom is -0.384 e. The van der Waals surface area contributed by atoms with Crippen LogP contribution in [0, 0.1) is 12.7 Å². The molecule has 3 heterocycles. The van der Waals surface area contributed by atoms with E-state index in [1.165, 1.54) is 18.5 Å². The summed E-state index contributed by atoms with van der Waals surface area (Å²) in [7, 11) is 1.59. The summed E-state index contributed by atoms with van der Waals surface area (Å²) in [6.45, 7) is 2.36. The molecule has 0 aliphatic heterocycles. The van der Waals surface area contributed by atoms with Gasteiger partial charge in [0.05, 0.1) is 42.6 Å². The quantitative estimate of drug-likeness (QED) is 0.387. The van der Waals surface area contributed by atoms with Crippen LogP contribution in [0.2, 0.25) is 0 Å². The first-order chi connectivity index (χ1) is 17.0. The Bertz CT molecular complexity index is 1360. The molecule has 0 radical (unpaired) electrons. The summed E-state index contributed by atoms with van der Waals surface area (Å²) >= 11 is 0. The number of amides is 1. The molecule has 35 heavy (non-hydrogen) atoms. The van der Waals surface area contributed by atoms with Crippen LogP contribution >= 0.6 is 0 Å². The Morgan fingerprint density at radius 1 is 1.20 bits per heavy atom. The summed E-state index contributed by atoms with van der Waals surface area (Å²) < 4.78 is 21.3. The van der Waals surface area contributed by atoms with Gasteiger partial charge in [-0.1, -0.05) is 30.3 Å². The van der Waals surface area contributed by atoms with Crippen molar-refractivity contribution >= 4 is 5.91 Å². The number of halogens is 1. The van der Waals surface area contributed by atoms with Gasteiger partial charge >= 0.3 is 0 Å². The molecule has 2 N–H and O–H groups in total. The summed E-state index contributed by atoms with van der Waals surface area (Å²) in [5, 5.41) is 9.81. The summed E-state index contributed by atoms with van der Waals surface area (Å²) in [6.07, 6.45) is 4.77. The Morgan fingerprint density at radius 2 is 2.00 bits per heavy atom. The maximum atomic E-state index is 14.2. The number of nitrogens with one attached hydrogen (secondary N) is 2. The molecular formula is C26H26FN5O3. The van der Waals surface area contributed by atoms with Gasteiger partial charge in [0.25, 0.3) is 11.5 Å². The number of methoxy groups -OCH3 is 1. The molecule has 0 saturated heterocycles. The molecule has 0 spiro atoms. The van der Waals surface area contributed by atoms with Crippen molar-refractivity contribution in [2.45, 2.75) is 25.9 Å². The Labute approximate surface area is 201 Å². The zero-order chi connectivity index (χ0) is 24.8. The SMILES string of the molecule is COCC(c1ccc(Cn2ccccc2=O)cc1)c1n[nH]cc1C(=O)NCc1nccc(C)c1F. The van der Waals surface area contributed by atoms with Gasteiger partial charge in [0, 0.05) is 31.8 Å². The van der Waals surface area contributed by atoms with Gasteiger partial charge in [0.15, 0.2) is 0 Å². The van der Waals surface area contributed by atoms with Crippen LogP contribution in [0.1, 0.15) is 44.4 Å². The number of nitrogens with zero attached hydrogens (tertiary/aromatic N) is 3. The van der Waals surface area contributed by atoms with Gasteiger partial charge in [0.2, 0.25) is 0 Å². The maximum absolute atomic E-state index is 14.2. The van der Waals surface area contributed by atoms with Gasteiger partial charge in [0.1, 0.15) is 5.82 Å². The number of rotatable bonds is 9. The molecule has 0 aliphatic carbocycles. The Hall–Kier alpha value is -4.11. The smallest absolute Gasteiger partial charge is 0.255 e. The largest absolute Gasteiger partial charge is 0.384 e. The van der Waals surface area contributed by atoms with E-state index in [1.54, 1.807) is 36.9 Å². The van der Waals surface area contributed by atoms with Gasteiger partial charge < -0.3 is 14.6 Å². The molecule has 1 aromatic carbocycles. The molecule has 180 valence electrons. The number of aromatic nitrogens is 4. The van der Waals surface area contributed by atoms with Crippen molar-refractivity contribution in [1.29, 1.82) is 0 Å². The fourth-order valence-electron chi connectivity index (χ4n) is 3.87. The molecular weight excluding hydrogens is 449 g/mol. The molecule has 4 aromatic rings.